The molecule has 2 heterocycles. The number of hydrogen-bond donors (Lipinski definition) is 1. The van der Waals surface area contributed by atoms with Crippen LogP contribution in [0.25, 0.3) is 0 Å². The van der Waals surface area contributed by atoms with Crippen molar-refractivity contribution in [1.82, 2.24) is 9.13 Å². The quantitative estimate of drug-likeness (QED) is 0.678. The number of anilines is 1. The Bertz CT molecular complexity index is 580. The molecule has 0 radical (unpaired) electrons. The molecule has 16 heavy (non-hydrogen) atoms. The predicted molar refractivity (Wildman–Crippen MR) is 62.0 cm³/mol. The summed E-state index contributed by atoms with van der Waals surface area (Å²) in [5.41, 5.74) is 6.12. The van der Waals surface area contributed by atoms with Gasteiger partial charge in [0, 0.05) is 20.6 Å². The van der Waals surface area contributed by atoms with Gasteiger partial charge in [0.05, 0.1) is 5.71 Å². The molecule has 0 fully saturated rings. The van der Waals surface area contributed by atoms with Gasteiger partial charge in [0.1, 0.15) is 11.4 Å². The summed E-state index contributed by atoms with van der Waals surface area (Å²) < 4.78 is 2.34. The van der Waals surface area contributed by atoms with Gasteiger partial charge >= 0.3 is 5.69 Å². The molecule has 0 spiro atoms. The fourth-order valence-corrected chi connectivity index (χ4v) is 1.87. The van der Waals surface area contributed by atoms with Gasteiger partial charge in [-0.2, -0.15) is 0 Å². The number of hydrogen-bond acceptors (Lipinski definition) is 4. The van der Waals surface area contributed by atoms with Crippen molar-refractivity contribution in [2.75, 3.05) is 12.3 Å². The van der Waals surface area contributed by atoms with Gasteiger partial charge in [-0.15, -0.1) is 0 Å². The van der Waals surface area contributed by atoms with Crippen LogP contribution in [0.4, 0.5) is 5.82 Å². The predicted octanol–water partition coefficient (Wildman–Crippen LogP) is -0.751. The molecule has 0 amide bonds. The average molecular weight is 222 g/mol. The fourth-order valence-electron chi connectivity index (χ4n) is 1.87. The van der Waals surface area contributed by atoms with Crippen LogP contribution < -0.4 is 17.0 Å². The lowest BCUT2D eigenvalue weighted by atomic mass is 10.1. The summed E-state index contributed by atoms with van der Waals surface area (Å²) in [6, 6.07) is 0. The number of aliphatic imine (C=N–C) groups is 1. The SMILES string of the molecule is Cn1c(N)c(C2=NCCC2)c(=O)n(C)c1=O. The highest BCUT2D eigenvalue weighted by molar-refractivity contribution is 6.04. The largest absolute Gasteiger partial charge is 0.384 e. The highest BCUT2D eigenvalue weighted by Crippen LogP contribution is 2.13. The lowest BCUT2D eigenvalue weighted by Gasteiger charge is -2.11. The van der Waals surface area contributed by atoms with Crippen LogP contribution in [0.5, 0.6) is 0 Å². The summed E-state index contributed by atoms with van der Waals surface area (Å²) in [5, 5.41) is 0. The van der Waals surface area contributed by atoms with E-state index < -0.39 is 5.69 Å². The summed E-state index contributed by atoms with van der Waals surface area (Å²) in [4.78, 5) is 27.8. The number of nitrogen functional groups attached to an aromatic ring is 1. The van der Waals surface area contributed by atoms with Crippen molar-refractivity contribution in [3.8, 4) is 0 Å². The highest BCUT2D eigenvalue weighted by atomic mass is 16.2. The molecule has 0 atom stereocenters. The normalized spacial score (nSPS) is 15.2. The molecular weight excluding hydrogens is 208 g/mol. The minimum absolute atomic E-state index is 0.203. The van der Waals surface area contributed by atoms with Gasteiger partial charge in [-0.3, -0.25) is 18.9 Å². The Balaban J connectivity index is 2.80. The van der Waals surface area contributed by atoms with E-state index in [1.807, 2.05) is 0 Å². The maximum absolute atomic E-state index is 11.9. The molecule has 0 bridgehead atoms. The minimum Gasteiger partial charge on any atom is -0.384 e. The molecule has 0 aromatic carbocycles. The Hall–Kier alpha value is -1.85. The van der Waals surface area contributed by atoms with E-state index in [0.717, 1.165) is 24.0 Å². The monoisotopic (exact) mass is 222 g/mol. The van der Waals surface area contributed by atoms with E-state index in [2.05, 4.69) is 4.99 Å². The second kappa shape index (κ2) is 3.62. The van der Waals surface area contributed by atoms with Gasteiger partial charge in [0.25, 0.3) is 5.56 Å². The average Bonchev–Trinajstić information content (AvgIpc) is 2.77. The van der Waals surface area contributed by atoms with Crippen molar-refractivity contribution >= 4 is 11.5 Å². The van der Waals surface area contributed by atoms with Crippen molar-refractivity contribution in [2.45, 2.75) is 12.8 Å². The van der Waals surface area contributed by atoms with Crippen molar-refractivity contribution in [2.24, 2.45) is 19.1 Å². The standard InChI is InChI=1S/C10H14N4O2/c1-13-8(11)7(6-4-3-5-12-6)9(15)14(2)10(13)16/h3-5,11H2,1-2H3. The Labute approximate surface area is 92.0 Å². The smallest absolute Gasteiger partial charge is 0.332 e. The summed E-state index contributed by atoms with van der Waals surface area (Å²) in [6.07, 6.45) is 1.68. The van der Waals surface area contributed by atoms with Crippen LogP contribution in [0, 0.1) is 0 Å². The van der Waals surface area contributed by atoms with Crippen LogP contribution in [0.3, 0.4) is 0 Å². The molecule has 1 aliphatic rings. The molecular formula is C10H14N4O2. The Morgan fingerprint density at radius 2 is 1.94 bits per heavy atom. The summed E-state index contributed by atoms with van der Waals surface area (Å²) in [5.74, 6) is 0.203. The minimum atomic E-state index is -0.412. The molecule has 2 N–H and O–H groups in total. The van der Waals surface area contributed by atoms with Gasteiger partial charge in [-0.25, -0.2) is 4.79 Å². The van der Waals surface area contributed by atoms with Crippen LogP contribution in [-0.2, 0) is 14.1 Å². The summed E-state index contributed by atoms with van der Waals surface area (Å²) in [7, 11) is 3.00. The molecule has 0 aliphatic carbocycles. The lowest BCUT2D eigenvalue weighted by Crippen LogP contribution is -2.41. The zero-order valence-electron chi connectivity index (χ0n) is 9.36. The third kappa shape index (κ3) is 1.37. The van der Waals surface area contributed by atoms with Gasteiger partial charge in [0.2, 0.25) is 0 Å². The first-order chi connectivity index (χ1) is 7.54. The number of nitrogens with two attached hydrogens (primary N) is 1. The van der Waals surface area contributed by atoms with Crippen molar-refractivity contribution in [3.63, 3.8) is 0 Å². The first-order valence-electron chi connectivity index (χ1n) is 5.13. The van der Waals surface area contributed by atoms with Crippen LogP contribution in [-0.4, -0.2) is 21.4 Å². The maximum Gasteiger partial charge on any atom is 0.332 e. The molecule has 6 heteroatoms. The number of aromatic nitrogens is 2. The molecule has 1 aliphatic heterocycles. The van der Waals surface area contributed by atoms with Crippen molar-refractivity contribution < 1.29 is 0 Å². The van der Waals surface area contributed by atoms with E-state index in [1.165, 1.54) is 11.6 Å². The molecule has 6 nitrogen and oxygen atoms in total. The van der Waals surface area contributed by atoms with E-state index in [-0.39, 0.29) is 11.4 Å². The highest BCUT2D eigenvalue weighted by Gasteiger charge is 2.19. The topological polar surface area (TPSA) is 82.4 Å². The molecule has 0 saturated heterocycles. The molecule has 86 valence electrons. The van der Waals surface area contributed by atoms with Crippen LogP contribution >= 0.6 is 0 Å². The summed E-state index contributed by atoms with van der Waals surface area (Å²) >= 11 is 0. The second-order valence-electron chi connectivity index (χ2n) is 3.90. The zero-order valence-corrected chi connectivity index (χ0v) is 9.36. The van der Waals surface area contributed by atoms with Crippen LogP contribution in [0.2, 0.25) is 0 Å². The molecule has 1 aromatic rings. The van der Waals surface area contributed by atoms with Crippen LogP contribution in [0.1, 0.15) is 18.4 Å². The Kier molecular flexibility index (Phi) is 2.41. The second-order valence-corrected chi connectivity index (χ2v) is 3.90. The molecule has 2 rings (SSSR count). The van der Waals surface area contributed by atoms with Gasteiger partial charge in [0.15, 0.2) is 0 Å². The molecule has 0 unspecified atom stereocenters. The molecule has 0 saturated carbocycles. The van der Waals surface area contributed by atoms with Crippen molar-refractivity contribution in [3.05, 3.63) is 26.4 Å². The number of rotatable bonds is 1. The Morgan fingerprint density at radius 1 is 1.25 bits per heavy atom. The maximum atomic E-state index is 11.9. The van der Waals surface area contributed by atoms with E-state index >= 15 is 0 Å². The Morgan fingerprint density at radius 3 is 2.50 bits per heavy atom. The number of nitrogens with zero attached hydrogens (tertiary/aromatic N) is 3. The van der Waals surface area contributed by atoms with Gasteiger partial charge in [-0.1, -0.05) is 0 Å². The van der Waals surface area contributed by atoms with Crippen molar-refractivity contribution in [1.29, 1.82) is 0 Å². The zero-order chi connectivity index (χ0) is 11.9. The van der Waals surface area contributed by atoms with Gasteiger partial charge in [-0.05, 0) is 12.8 Å². The van der Waals surface area contributed by atoms with E-state index in [9.17, 15) is 9.59 Å². The molecule has 1 aromatic heterocycles. The fraction of sp³-hybridized carbons (Fsp3) is 0.500. The van der Waals surface area contributed by atoms with E-state index in [4.69, 9.17) is 5.73 Å². The third-order valence-corrected chi connectivity index (χ3v) is 2.87. The first-order valence-corrected chi connectivity index (χ1v) is 5.13. The van der Waals surface area contributed by atoms with E-state index in [0.29, 0.717) is 11.3 Å². The van der Waals surface area contributed by atoms with E-state index in [1.54, 1.807) is 7.05 Å². The third-order valence-electron chi connectivity index (χ3n) is 2.87. The van der Waals surface area contributed by atoms with Gasteiger partial charge < -0.3 is 5.73 Å². The van der Waals surface area contributed by atoms with Crippen LogP contribution in [0.15, 0.2) is 14.6 Å². The first kappa shape index (κ1) is 10.7. The lowest BCUT2D eigenvalue weighted by molar-refractivity contribution is 0.691. The summed E-state index contributed by atoms with van der Waals surface area (Å²) in [6.45, 7) is 0.723.